The summed E-state index contributed by atoms with van der Waals surface area (Å²) in [6, 6.07) is 16.8. The van der Waals surface area contributed by atoms with Gasteiger partial charge in [0.05, 0.1) is 12.6 Å². The van der Waals surface area contributed by atoms with Gasteiger partial charge in [0.1, 0.15) is 13.2 Å². The molecule has 6 nitrogen and oxygen atoms in total. The molecular weight excluding hydrogens is 378 g/mol. The zero-order valence-corrected chi connectivity index (χ0v) is 17.3. The Morgan fingerprint density at radius 2 is 1.67 bits per heavy atom. The highest BCUT2D eigenvalue weighted by Crippen LogP contribution is 2.38. The van der Waals surface area contributed by atoms with E-state index in [9.17, 15) is 4.79 Å². The van der Waals surface area contributed by atoms with Crippen LogP contribution in [0, 0.1) is 0 Å². The number of benzene rings is 2. The first kappa shape index (κ1) is 19.2. The van der Waals surface area contributed by atoms with Crippen molar-refractivity contribution in [3.05, 3.63) is 54.1 Å². The van der Waals surface area contributed by atoms with Crippen LogP contribution in [0.5, 0.6) is 11.5 Å². The van der Waals surface area contributed by atoms with Gasteiger partial charge >= 0.3 is 0 Å². The molecule has 0 bridgehead atoms. The molecule has 0 spiro atoms. The summed E-state index contributed by atoms with van der Waals surface area (Å²) in [6.07, 6.45) is 2.06. The lowest BCUT2D eigenvalue weighted by molar-refractivity contribution is -0.133. The predicted octanol–water partition coefficient (Wildman–Crippen LogP) is 2.94. The van der Waals surface area contributed by atoms with Gasteiger partial charge in [-0.25, -0.2) is 0 Å². The molecule has 158 valence electrons. The molecule has 1 atom stereocenters. The van der Waals surface area contributed by atoms with Gasteiger partial charge in [-0.2, -0.15) is 0 Å². The second kappa shape index (κ2) is 8.56. The Morgan fingerprint density at radius 1 is 0.900 bits per heavy atom. The van der Waals surface area contributed by atoms with Gasteiger partial charge in [0.2, 0.25) is 5.91 Å². The molecule has 3 aliphatic rings. The Bertz CT molecular complexity index is 881. The summed E-state index contributed by atoms with van der Waals surface area (Å²) in [4.78, 5) is 19.9. The average molecular weight is 408 g/mol. The van der Waals surface area contributed by atoms with E-state index in [1.165, 1.54) is 5.69 Å². The molecule has 2 saturated heterocycles. The van der Waals surface area contributed by atoms with Crippen LogP contribution in [0.4, 0.5) is 5.69 Å². The highest BCUT2D eigenvalue weighted by atomic mass is 16.6. The summed E-state index contributed by atoms with van der Waals surface area (Å²) < 4.78 is 11.4. The maximum Gasteiger partial charge on any atom is 0.237 e. The summed E-state index contributed by atoms with van der Waals surface area (Å²) in [5.74, 6) is 1.84. The molecule has 0 aromatic heterocycles. The van der Waals surface area contributed by atoms with Crippen LogP contribution in [0.15, 0.2) is 48.5 Å². The highest BCUT2D eigenvalue weighted by molar-refractivity contribution is 5.79. The Hall–Kier alpha value is -2.73. The molecule has 5 rings (SSSR count). The zero-order chi connectivity index (χ0) is 20.3. The van der Waals surface area contributed by atoms with Gasteiger partial charge in [-0.3, -0.25) is 9.69 Å². The fourth-order valence-electron chi connectivity index (χ4n) is 4.76. The first-order chi connectivity index (χ1) is 14.8. The van der Waals surface area contributed by atoms with Crippen molar-refractivity contribution in [3.8, 4) is 11.5 Å². The van der Waals surface area contributed by atoms with Crippen LogP contribution >= 0.6 is 0 Å². The number of hydrogen-bond donors (Lipinski definition) is 0. The molecule has 0 aliphatic carbocycles. The molecule has 1 amide bonds. The number of fused-ring (bicyclic) bond motifs is 1. The molecule has 0 radical (unpaired) electrons. The summed E-state index contributed by atoms with van der Waals surface area (Å²) in [6.45, 7) is 6.28. The molecule has 30 heavy (non-hydrogen) atoms. The lowest BCUT2D eigenvalue weighted by Gasteiger charge is -2.37. The number of piperazine rings is 1. The van der Waals surface area contributed by atoms with Crippen molar-refractivity contribution in [3.63, 3.8) is 0 Å². The van der Waals surface area contributed by atoms with Crippen molar-refractivity contribution in [1.29, 1.82) is 0 Å². The fourth-order valence-corrected chi connectivity index (χ4v) is 4.76. The Morgan fingerprint density at radius 3 is 2.47 bits per heavy atom. The third-order valence-corrected chi connectivity index (χ3v) is 6.38. The van der Waals surface area contributed by atoms with Crippen molar-refractivity contribution in [2.45, 2.75) is 18.9 Å². The van der Waals surface area contributed by atoms with E-state index in [4.69, 9.17) is 9.47 Å². The minimum atomic E-state index is 0.138. The van der Waals surface area contributed by atoms with Gasteiger partial charge in [-0.05, 0) is 42.7 Å². The SMILES string of the molecule is O=C(CN1CCN(c2ccccc2)CC1)N1CCCC1c1ccc2c(c1)OCCO2. The van der Waals surface area contributed by atoms with Crippen molar-refractivity contribution in [1.82, 2.24) is 9.80 Å². The smallest absolute Gasteiger partial charge is 0.237 e. The summed E-state index contributed by atoms with van der Waals surface area (Å²) in [5, 5.41) is 0. The minimum absolute atomic E-state index is 0.138. The zero-order valence-electron chi connectivity index (χ0n) is 17.3. The maximum atomic E-state index is 13.2. The van der Waals surface area contributed by atoms with E-state index in [1.807, 2.05) is 12.1 Å². The van der Waals surface area contributed by atoms with Crippen LogP contribution in [0.2, 0.25) is 0 Å². The van der Waals surface area contributed by atoms with Gasteiger partial charge in [-0.1, -0.05) is 24.3 Å². The monoisotopic (exact) mass is 407 g/mol. The van der Waals surface area contributed by atoms with E-state index in [-0.39, 0.29) is 11.9 Å². The van der Waals surface area contributed by atoms with Gasteiger partial charge in [0, 0.05) is 38.4 Å². The second-order valence-electron chi connectivity index (χ2n) is 8.25. The first-order valence-corrected chi connectivity index (χ1v) is 11.0. The quantitative estimate of drug-likeness (QED) is 0.780. The Labute approximate surface area is 178 Å². The molecule has 1 unspecified atom stereocenters. The van der Waals surface area contributed by atoms with Crippen LogP contribution < -0.4 is 14.4 Å². The molecule has 3 heterocycles. The van der Waals surface area contributed by atoms with Crippen molar-refractivity contribution in [2.24, 2.45) is 0 Å². The minimum Gasteiger partial charge on any atom is -0.486 e. The number of ether oxygens (including phenoxy) is 2. The molecule has 6 heteroatoms. The molecule has 2 aromatic rings. The van der Waals surface area contributed by atoms with Crippen molar-refractivity contribution < 1.29 is 14.3 Å². The van der Waals surface area contributed by atoms with E-state index >= 15 is 0 Å². The second-order valence-corrected chi connectivity index (χ2v) is 8.25. The number of amides is 1. The van der Waals surface area contributed by atoms with E-state index in [0.717, 1.165) is 62.6 Å². The molecule has 0 N–H and O–H groups in total. The topological polar surface area (TPSA) is 45.3 Å². The number of carbonyl (C=O) groups excluding carboxylic acids is 1. The molecule has 3 aliphatic heterocycles. The summed E-state index contributed by atoms with van der Waals surface area (Å²) >= 11 is 0. The number of para-hydroxylation sites is 1. The van der Waals surface area contributed by atoms with Gasteiger partial charge in [-0.15, -0.1) is 0 Å². The lowest BCUT2D eigenvalue weighted by Crippen LogP contribution is -2.50. The van der Waals surface area contributed by atoms with Gasteiger partial charge in [0.15, 0.2) is 11.5 Å². The Kier molecular flexibility index (Phi) is 5.49. The first-order valence-electron chi connectivity index (χ1n) is 11.0. The summed E-state index contributed by atoms with van der Waals surface area (Å²) in [7, 11) is 0. The molecular formula is C24H29N3O3. The van der Waals surface area contributed by atoms with Gasteiger partial charge < -0.3 is 19.3 Å². The van der Waals surface area contributed by atoms with Crippen LogP contribution in [-0.4, -0.2) is 68.2 Å². The van der Waals surface area contributed by atoms with Gasteiger partial charge in [0.25, 0.3) is 0 Å². The number of carbonyl (C=O) groups is 1. The van der Waals surface area contributed by atoms with E-state index in [0.29, 0.717) is 19.8 Å². The molecule has 2 aromatic carbocycles. The standard InChI is InChI=1S/C24H29N3O3/c28-24(18-25-11-13-26(14-12-25)20-5-2-1-3-6-20)27-10-4-7-21(27)19-8-9-22-23(17-19)30-16-15-29-22/h1-3,5-6,8-9,17,21H,4,7,10-16,18H2. The fraction of sp³-hybridized carbons (Fsp3) is 0.458. The number of hydrogen-bond acceptors (Lipinski definition) is 5. The van der Waals surface area contributed by atoms with E-state index in [1.54, 1.807) is 0 Å². The predicted molar refractivity (Wildman–Crippen MR) is 116 cm³/mol. The maximum absolute atomic E-state index is 13.2. The van der Waals surface area contributed by atoms with Crippen LogP contribution in [0.1, 0.15) is 24.4 Å². The third kappa shape index (κ3) is 3.97. The molecule has 2 fully saturated rings. The third-order valence-electron chi connectivity index (χ3n) is 6.38. The van der Waals surface area contributed by atoms with Crippen LogP contribution in [-0.2, 0) is 4.79 Å². The van der Waals surface area contributed by atoms with E-state index < -0.39 is 0 Å². The van der Waals surface area contributed by atoms with Crippen molar-refractivity contribution in [2.75, 3.05) is 57.4 Å². The largest absolute Gasteiger partial charge is 0.486 e. The number of likely N-dealkylation sites (tertiary alicyclic amines) is 1. The normalized spacial score (nSPS) is 21.7. The number of rotatable bonds is 4. The summed E-state index contributed by atoms with van der Waals surface area (Å²) in [5.41, 5.74) is 2.42. The molecule has 0 saturated carbocycles. The number of anilines is 1. The van der Waals surface area contributed by atoms with Crippen LogP contribution in [0.25, 0.3) is 0 Å². The van der Waals surface area contributed by atoms with E-state index in [2.05, 4.69) is 51.1 Å². The number of nitrogens with zero attached hydrogens (tertiary/aromatic N) is 3. The van der Waals surface area contributed by atoms with Crippen LogP contribution in [0.3, 0.4) is 0 Å². The highest BCUT2D eigenvalue weighted by Gasteiger charge is 2.32. The average Bonchev–Trinajstić information content (AvgIpc) is 3.30. The van der Waals surface area contributed by atoms with Crippen molar-refractivity contribution >= 4 is 11.6 Å². The Balaban J connectivity index is 1.20. The lowest BCUT2D eigenvalue weighted by atomic mass is 10.0.